The maximum absolute atomic E-state index is 14.0. The van der Waals surface area contributed by atoms with Crippen molar-refractivity contribution in [1.29, 1.82) is 0 Å². The van der Waals surface area contributed by atoms with Gasteiger partial charge in [0.1, 0.15) is 11.9 Å². The van der Waals surface area contributed by atoms with Gasteiger partial charge in [0.05, 0.1) is 0 Å². The van der Waals surface area contributed by atoms with Gasteiger partial charge in [0, 0.05) is 25.1 Å². The number of halogens is 1. The van der Waals surface area contributed by atoms with Crippen LogP contribution in [-0.4, -0.2) is 29.2 Å². The summed E-state index contributed by atoms with van der Waals surface area (Å²) in [6.07, 6.45) is 5.10. The molecular formula is C24H27FN4O2. The Morgan fingerprint density at radius 2 is 1.84 bits per heavy atom. The van der Waals surface area contributed by atoms with Crippen molar-refractivity contribution < 1.29 is 13.6 Å². The molecule has 162 valence electrons. The smallest absolute Gasteiger partial charge is 0.318 e. The van der Waals surface area contributed by atoms with Gasteiger partial charge in [-0.3, -0.25) is 4.79 Å². The van der Waals surface area contributed by atoms with E-state index in [0.717, 1.165) is 31.5 Å². The SMILES string of the molecule is Cc1ccc(C(=O)NC(Cc2ccccc2)c2nnc(N3CCCCCC3)o2)cc1F. The highest BCUT2D eigenvalue weighted by Crippen LogP contribution is 2.24. The Balaban J connectivity index is 1.57. The predicted molar refractivity (Wildman–Crippen MR) is 116 cm³/mol. The zero-order valence-electron chi connectivity index (χ0n) is 17.7. The fourth-order valence-corrected chi connectivity index (χ4v) is 3.78. The van der Waals surface area contributed by atoms with Gasteiger partial charge in [0.25, 0.3) is 5.91 Å². The van der Waals surface area contributed by atoms with Crippen LogP contribution in [0, 0.1) is 12.7 Å². The van der Waals surface area contributed by atoms with Gasteiger partial charge in [0.2, 0.25) is 5.89 Å². The van der Waals surface area contributed by atoms with Crippen molar-refractivity contribution in [3.8, 4) is 0 Å². The predicted octanol–water partition coefficient (Wildman–Crippen LogP) is 4.61. The lowest BCUT2D eigenvalue weighted by molar-refractivity contribution is 0.0929. The molecule has 0 aliphatic carbocycles. The number of nitrogens with one attached hydrogen (secondary N) is 1. The number of anilines is 1. The van der Waals surface area contributed by atoms with E-state index in [0.29, 0.717) is 23.9 Å². The summed E-state index contributed by atoms with van der Waals surface area (Å²) < 4.78 is 20.0. The third-order valence-electron chi connectivity index (χ3n) is 5.63. The molecule has 1 unspecified atom stereocenters. The topological polar surface area (TPSA) is 71.3 Å². The fourth-order valence-electron chi connectivity index (χ4n) is 3.78. The maximum Gasteiger partial charge on any atom is 0.318 e. The lowest BCUT2D eigenvalue weighted by atomic mass is 10.0. The molecule has 2 aromatic carbocycles. The van der Waals surface area contributed by atoms with Crippen LogP contribution in [0.15, 0.2) is 52.9 Å². The molecule has 0 bridgehead atoms. The van der Waals surface area contributed by atoms with Gasteiger partial charge in [-0.1, -0.05) is 54.3 Å². The van der Waals surface area contributed by atoms with E-state index in [1.165, 1.54) is 18.9 Å². The molecule has 3 aromatic rings. The van der Waals surface area contributed by atoms with Gasteiger partial charge in [-0.25, -0.2) is 4.39 Å². The van der Waals surface area contributed by atoms with Crippen molar-refractivity contribution >= 4 is 11.9 Å². The number of nitrogens with zero attached hydrogens (tertiary/aromatic N) is 3. The monoisotopic (exact) mass is 422 g/mol. The molecule has 0 spiro atoms. The summed E-state index contributed by atoms with van der Waals surface area (Å²) >= 11 is 0. The number of hydrogen-bond acceptors (Lipinski definition) is 5. The molecule has 6 nitrogen and oxygen atoms in total. The molecular weight excluding hydrogens is 395 g/mol. The van der Waals surface area contributed by atoms with Crippen LogP contribution in [0.3, 0.4) is 0 Å². The summed E-state index contributed by atoms with van der Waals surface area (Å²) in [6.45, 7) is 3.44. The van der Waals surface area contributed by atoms with Crippen LogP contribution in [-0.2, 0) is 6.42 Å². The highest BCUT2D eigenvalue weighted by atomic mass is 19.1. The number of aryl methyl sites for hydroxylation is 1. The molecule has 2 heterocycles. The molecule has 1 aliphatic rings. The second-order valence-corrected chi connectivity index (χ2v) is 8.00. The highest BCUT2D eigenvalue weighted by Gasteiger charge is 2.24. The van der Waals surface area contributed by atoms with Crippen molar-refractivity contribution in [3.63, 3.8) is 0 Å². The molecule has 0 saturated carbocycles. The first-order chi connectivity index (χ1) is 15.1. The molecule has 1 amide bonds. The van der Waals surface area contributed by atoms with Crippen LogP contribution in [0.5, 0.6) is 0 Å². The number of carbonyl (C=O) groups is 1. The number of hydrogen-bond donors (Lipinski definition) is 1. The standard InChI is InChI=1S/C24H27FN4O2/c1-17-11-12-19(16-20(17)25)22(30)26-21(15-18-9-5-4-6-10-18)23-27-28-24(31-23)29-13-7-2-3-8-14-29/h4-6,9-12,16,21H,2-3,7-8,13-15H2,1H3,(H,26,30). The molecule has 1 N–H and O–H groups in total. The zero-order chi connectivity index (χ0) is 21.6. The van der Waals surface area contributed by atoms with Gasteiger partial charge < -0.3 is 14.6 Å². The van der Waals surface area contributed by atoms with Crippen LogP contribution >= 0.6 is 0 Å². The van der Waals surface area contributed by atoms with Gasteiger partial charge in [-0.15, -0.1) is 5.10 Å². The van der Waals surface area contributed by atoms with E-state index in [2.05, 4.69) is 20.4 Å². The molecule has 1 atom stereocenters. The van der Waals surface area contributed by atoms with Gasteiger partial charge >= 0.3 is 6.01 Å². The normalized spacial score (nSPS) is 15.4. The van der Waals surface area contributed by atoms with E-state index in [-0.39, 0.29) is 11.5 Å². The summed E-state index contributed by atoms with van der Waals surface area (Å²) in [6, 6.07) is 14.2. The first-order valence-corrected chi connectivity index (χ1v) is 10.8. The minimum Gasteiger partial charge on any atom is -0.406 e. The first-order valence-electron chi connectivity index (χ1n) is 10.8. The molecule has 0 radical (unpaired) electrons. The lowest BCUT2D eigenvalue weighted by Gasteiger charge is -2.18. The summed E-state index contributed by atoms with van der Waals surface area (Å²) in [4.78, 5) is 15.0. The lowest BCUT2D eigenvalue weighted by Crippen LogP contribution is -2.30. The van der Waals surface area contributed by atoms with Gasteiger partial charge in [-0.05, 0) is 43.0 Å². The summed E-state index contributed by atoms with van der Waals surface area (Å²) in [5.74, 6) is -0.438. The number of aromatic nitrogens is 2. The maximum atomic E-state index is 14.0. The molecule has 7 heteroatoms. The molecule has 1 aliphatic heterocycles. The third-order valence-corrected chi connectivity index (χ3v) is 5.63. The Kier molecular flexibility index (Phi) is 6.60. The second-order valence-electron chi connectivity index (χ2n) is 8.00. The minimum absolute atomic E-state index is 0.258. The third kappa shape index (κ3) is 5.29. The van der Waals surface area contributed by atoms with Gasteiger partial charge in [0.15, 0.2) is 0 Å². The average Bonchev–Trinajstić information content (AvgIpc) is 3.11. The summed E-state index contributed by atoms with van der Waals surface area (Å²) in [5, 5.41) is 11.5. The van der Waals surface area contributed by atoms with Crippen LogP contribution < -0.4 is 10.2 Å². The Bertz CT molecular complexity index is 1010. The van der Waals surface area contributed by atoms with Gasteiger partial charge in [-0.2, -0.15) is 0 Å². The van der Waals surface area contributed by atoms with Crippen LogP contribution in [0.4, 0.5) is 10.4 Å². The highest BCUT2D eigenvalue weighted by molar-refractivity contribution is 5.94. The molecule has 1 saturated heterocycles. The average molecular weight is 423 g/mol. The van der Waals surface area contributed by atoms with Crippen molar-refractivity contribution in [1.82, 2.24) is 15.5 Å². The van der Waals surface area contributed by atoms with Crippen molar-refractivity contribution in [2.24, 2.45) is 0 Å². The number of rotatable bonds is 6. The second kappa shape index (κ2) is 9.73. The Morgan fingerprint density at radius 3 is 2.55 bits per heavy atom. The van der Waals surface area contributed by atoms with E-state index in [1.54, 1.807) is 19.1 Å². The van der Waals surface area contributed by atoms with Crippen LogP contribution in [0.25, 0.3) is 0 Å². The minimum atomic E-state index is -0.521. The Labute approximate surface area is 181 Å². The molecule has 1 aromatic heterocycles. The fraction of sp³-hybridized carbons (Fsp3) is 0.375. The number of carbonyl (C=O) groups excluding carboxylic acids is 1. The van der Waals surface area contributed by atoms with Crippen molar-refractivity contribution in [2.75, 3.05) is 18.0 Å². The molecule has 31 heavy (non-hydrogen) atoms. The van der Waals surface area contributed by atoms with E-state index >= 15 is 0 Å². The van der Waals surface area contributed by atoms with E-state index in [9.17, 15) is 9.18 Å². The largest absolute Gasteiger partial charge is 0.406 e. The molecule has 4 rings (SSSR count). The quantitative estimate of drug-likeness (QED) is 0.628. The van der Waals surface area contributed by atoms with E-state index in [1.807, 2.05) is 30.3 Å². The zero-order valence-corrected chi connectivity index (χ0v) is 17.7. The molecule has 1 fully saturated rings. The van der Waals surface area contributed by atoms with Crippen molar-refractivity contribution in [3.05, 3.63) is 76.9 Å². The Hall–Kier alpha value is -3.22. The number of amides is 1. The number of benzene rings is 2. The van der Waals surface area contributed by atoms with Crippen molar-refractivity contribution in [2.45, 2.75) is 45.1 Å². The Morgan fingerprint density at radius 1 is 1.10 bits per heavy atom. The van der Waals surface area contributed by atoms with Crippen LogP contribution in [0.1, 0.15) is 59.1 Å². The van der Waals surface area contributed by atoms with E-state index < -0.39 is 11.9 Å². The van der Waals surface area contributed by atoms with E-state index in [4.69, 9.17) is 4.42 Å². The first kappa shape index (κ1) is 21.0. The summed E-state index contributed by atoms with van der Waals surface area (Å²) in [7, 11) is 0. The van der Waals surface area contributed by atoms with Crippen LogP contribution in [0.2, 0.25) is 0 Å². The summed E-state index contributed by atoms with van der Waals surface area (Å²) in [5.41, 5.74) is 1.78.